The average Bonchev–Trinajstić information content (AvgIpc) is 3.24. The Bertz CT molecular complexity index is 683. The van der Waals surface area contributed by atoms with Crippen LogP contribution < -0.4 is 33.6 Å². The van der Waals surface area contributed by atoms with Crippen molar-refractivity contribution in [2.45, 2.75) is 63.1 Å². The molecule has 3 amide bonds. The summed E-state index contributed by atoms with van der Waals surface area (Å²) in [5.41, 5.74) is 21.4. The number of hydrogen-bond donors (Lipinski definition) is 7. The quantitative estimate of drug-likeness (QED) is 0.0809. The van der Waals surface area contributed by atoms with Crippen LogP contribution in [0.1, 0.15) is 44.9 Å². The topological polar surface area (TPSA) is 232 Å². The molecule has 0 aromatic heterocycles. The van der Waals surface area contributed by atoms with Crippen molar-refractivity contribution in [3.63, 3.8) is 0 Å². The van der Waals surface area contributed by atoms with Gasteiger partial charge in [0.05, 0.1) is 6.54 Å². The molecule has 13 heteroatoms. The van der Waals surface area contributed by atoms with Gasteiger partial charge >= 0.3 is 5.97 Å². The Kier molecular flexibility index (Phi) is 12.0. The van der Waals surface area contributed by atoms with Crippen LogP contribution in [-0.4, -0.2) is 84.0 Å². The minimum absolute atomic E-state index is 0.0994. The third-order valence-electron chi connectivity index (χ3n) is 5.19. The lowest BCUT2D eigenvalue weighted by Crippen LogP contribution is -2.55. The molecular weight excluding hydrogens is 420 g/mol. The summed E-state index contributed by atoms with van der Waals surface area (Å²) in [6.07, 6.45) is 3.07. The third kappa shape index (κ3) is 9.06. The molecule has 13 nitrogen and oxygen atoms in total. The lowest BCUT2D eigenvalue weighted by Gasteiger charge is -2.27. The van der Waals surface area contributed by atoms with Gasteiger partial charge in [0, 0.05) is 13.1 Å². The van der Waals surface area contributed by atoms with E-state index in [0.717, 1.165) is 0 Å². The molecule has 1 aliphatic rings. The normalized spacial score (nSPS) is 17.3. The Morgan fingerprint density at radius 2 is 1.72 bits per heavy atom. The summed E-state index contributed by atoms with van der Waals surface area (Å²) in [5.74, 6) is -2.71. The lowest BCUT2D eigenvalue weighted by molar-refractivity contribution is -0.143. The molecule has 1 heterocycles. The highest BCUT2D eigenvalue weighted by Crippen LogP contribution is 2.18. The number of nitrogens with zero attached hydrogens (tertiary/aromatic N) is 2. The van der Waals surface area contributed by atoms with Gasteiger partial charge in [0.1, 0.15) is 18.1 Å². The highest BCUT2D eigenvalue weighted by molar-refractivity contribution is 5.93. The van der Waals surface area contributed by atoms with Gasteiger partial charge in [-0.1, -0.05) is 0 Å². The molecule has 0 radical (unpaired) electrons. The molecule has 0 aliphatic carbocycles. The Hall–Kier alpha value is -2.93. The molecule has 32 heavy (non-hydrogen) atoms. The fraction of sp³-hybridized carbons (Fsp3) is 0.737. The summed E-state index contributed by atoms with van der Waals surface area (Å²) in [4.78, 5) is 54.4. The summed E-state index contributed by atoms with van der Waals surface area (Å²) in [6, 6.07) is -2.82. The van der Waals surface area contributed by atoms with Gasteiger partial charge in [0.15, 0.2) is 5.96 Å². The maximum absolute atomic E-state index is 12.8. The van der Waals surface area contributed by atoms with Crippen LogP contribution in [0.2, 0.25) is 0 Å². The standard InChI is InChI=1S/C19H36N8O5/c20-8-2-1-5-12(25-17(30)14-7-4-10-27(14)15(28)11-21)16(29)26-13(18(31)32)6-3-9-24-19(22)23/h12-14H,1-11,20-21H2,(H,25,30)(H,26,29)(H,31,32)(H4,22,23,24). The molecule has 3 atom stereocenters. The zero-order valence-corrected chi connectivity index (χ0v) is 18.3. The van der Waals surface area contributed by atoms with Crippen molar-refractivity contribution in [1.29, 1.82) is 0 Å². The van der Waals surface area contributed by atoms with Crippen molar-refractivity contribution in [3.8, 4) is 0 Å². The van der Waals surface area contributed by atoms with E-state index in [1.54, 1.807) is 0 Å². The number of amides is 3. The van der Waals surface area contributed by atoms with Crippen LogP contribution in [0.4, 0.5) is 0 Å². The first-order chi connectivity index (χ1) is 15.2. The van der Waals surface area contributed by atoms with Gasteiger partial charge in [-0.3, -0.25) is 19.4 Å². The summed E-state index contributed by atoms with van der Waals surface area (Å²) >= 11 is 0. The highest BCUT2D eigenvalue weighted by Gasteiger charge is 2.35. The van der Waals surface area contributed by atoms with Gasteiger partial charge in [-0.05, 0) is 51.5 Å². The smallest absolute Gasteiger partial charge is 0.326 e. The van der Waals surface area contributed by atoms with E-state index in [0.29, 0.717) is 45.2 Å². The Morgan fingerprint density at radius 3 is 2.31 bits per heavy atom. The molecule has 0 aromatic rings. The second-order valence-corrected chi connectivity index (χ2v) is 7.64. The molecule has 3 unspecified atom stereocenters. The van der Waals surface area contributed by atoms with E-state index in [4.69, 9.17) is 22.9 Å². The van der Waals surface area contributed by atoms with Crippen LogP contribution in [0.15, 0.2) is 4.99 Å². The van der Waals surface area contributed by atoms with Crippen molar-refractivity contribution in [3.05, 3.63) is 0 Å². The average molecular weight is 457 g/mol. The number of nitrogens with one attached hydrogen (secondary N) is 2. The minimum atomic E-state index is -1.20. The van der Waals surface area contributed by atoms with Gasteiger partial charge in [-0.25, -0.2) is 4.79 Å². The van der Waals surface area contributed by atoms with E-state index in [1.807, 2.05) is 0 Å². The van der Waals surface area contributed by atoms with E-state index in [-0.39, 0.29) is 37.8 Å². The summed E-state index contributed by atoms with van der Waals surface area (Å²) < 4.78 is 0. The number of nitrogens with two attached hydrogens (primary N) is 4. The van der Waals surface area contributed by atoms with Gasteiger partial charge in [-0.2, -0.15) is 0 Å². The zero-order chi connectivity index (χ0) is 24.1. The Balaban J connectivity index is 2.81. The number of carbonyl (C=O) groups is 4. The molecule has 0 aromatic carbocycles. The molecular formula is C19H36N8O5. The van der Waals surface area contributed by atoms with Gasteiger partial charge < -0.3 is 43.6 Å². The van der Waals surface area contributed by atoms with Gasteiger partial charge in [0.2, 0.25) is 17.7 Å². The number of carboxylic acids is 1. The molecule has 11 N–H and O–H groups in total. The fourth-order valence-electron chi connectivity index (χ4n) is 3.52. The first-order valence-electron chi connectivity index (χ1n) is 10.8. The molecule has 1 rings (SSSR count). The van der Waals surface area contributed by atoms with E-state index < -0.39 is 35.9 Å². The van der Waals surface area contributed by atoms with Crippen molar-refractivity contribution in [1.82, 2.24) is 15.5 Å². The molecule has 1 fully saturated rings. The number of likely N-dealkylation sites (tertiary alicyclic amines) is 1. The second kappa shape index (κ2) is 14.2. The maximum Gasteiger partial charge on any atom is 0.326 e. The van der Waals surface area contributed by atoms with Crippen LogP contribution in [0.25, 0.3) is 0 Å². The zero-order valence-electron chi connectivity index (χ0n) is 18.3. The predicted molar refractivity (Wildman–Crippen MR) is 118 cm³/mol. The summed E-state index contributed by atoms with van der Waals surface area (Å²) in [7, 11) is 0. The molecule has 1 saturated heterocycles. The SMILES string of the molecule is NCCCCC(NC(=O)C1CCCN1C(=O)CN)C(=O)NC(CCCN=C(N)N)C(=O)O. The number of hydrogen-bond acceptors (Lipinski definition) is 7. The molecule has 1 aliphatic heterocycles. The van der Waals surface area contributed by atoms with Crippen LogP contribution in [0, 0.1) is 0 Å². The molecule has 0 bridgehead atoms. The number of aliphatic imine (C=N–C) groups is 1. The van der Waals surface area contributed by atoms with Crippen molar-refractivity contribution in [2.24, 2.45) is 27.9 Å². The van der Waals surface area contributed by atoms with Crippen LogP contribution in [-0.2, 0) is 19.2 Å². The second-order valence-electron chi connectivity index (χ2n) is 7.64. The molecule has 0 saturated carbocycles. The van der Waals surface area contributed by atoms with E-state index in [2.05, 4.69) is 15.6 Å². The fourth-order valence-corrected chi connectivity index (χ4v) is 3.52. The van der Waals surface area contributed by atoms with Gasteiger partial charge in [0.25, 0.3) is 0 Å². The van der Waals surface area contributed by atoms with E-state index in [1.165, 1.54) is 4.90 Å². The lowest BCUT2D eigenvalue weighted by atomic mass is 10.1. The van der Waals surface area contributed by atoms with Crippen molar-refractivity contribution in [2.75, 3.05) is 26.2 Å². The number of unbranched alkanes of at least 4 members (excludes halogenated alkanes) is 1. The number of carbonyl (C=O) groups excluding carboxylic acids is 3. The minimum Gasteiger partial charge on any atom is -0.480 e. The molecule has 0 spiro atoms. The van der Waals surface area contributed by atoms with Crippen LogP contribution in [0.3, 0.4) is 0 Å². The first-order valence-corrected chi connectivity index (χ1v) is 10.8. The summed E-state index contributed by atoms with van der Waals surface area (Å²) in [5, 5.41) is 14.6. The monoisotopic (exact) mass is 456 g/mol. The number of aliphatic carboxylic acids is 1. The Morgan fingerprint density at radius 1 is 1.03 bits per heavy atom. The van der Waals surface area contributed by atoms with Crippen molar-refractivity contribution >= 4 is 29.7 Å². The largest absolute Gasteiger partial charge is 0.480 e. The predicted octanol–water partition coefficient (Wildman–Crippen LogP) is -2.83. The number of rotatable bonds is 14. The first kappa shape index (κ1) is 27.1. The van der Waals surface area contributed by atoms with Crippen molar-refractivity contribution < 1.29 is 24.3 Å². The van der Waals surface area contributed by atoms with E-state index >= 15 is 0 Å². The molecule has 182 valence electrons. The van der Waals surface area contributed by atoms with Gasteiger partial charge in [-0.15, -0.1) is 0 Å². The maximum atomic E-state index is 12.8. The summed E-state index contributed by atoms with van der Waals surface area (Å²) in [6.45, 7) is 0.872. The third-order valence-corrected chi connectivity index (χ3v) is 5.19. The number of carboxylic acid groups (broad SMARTS) is 1. The highest BCUT2D eigenvalue weighted by atomic mass is 16.4. The Labute approximate surface area is 187 Å². The van der Waals surface area contributed by atoms with E-state index in [9.17, 15) is 24.3 Å². The van der Waals surface area contributed by atoms with Crippen LogP contribution >= 0.6 is 0 Å². The number of guanidine groups is 1. The van der Waals surface area contributed by atoms with Crippen LogP contribution in [0.5, 0.6) is 0 Å².